The highest BCUT2D eigenvalue weighted by Gasteiger charge is 2.69. The number of nitrogens with zero attached hydrogens (tertiary/aromatic N) is 1. The summed E-state index contributed by atoms with van der Waals surface area (Å²) in [6.45, 7) is 21.4. The number of esters is 1. The van der Waals surface area contributed by atoms with Crippen LogP contribution in [0.4, 0.5) is 0 Å². The van der Waals surface area contributed by atoms with Gasteiger partial charge in [0.25, 0.3) is 5.91 Å². The Balaban J connectivity index is 2.12. The molecule has 0 aromatic carbocycles. The van der Waals surface area contributed by atoms with Gasteiger partial charge in [-0.25, -0.2) is 0 Å². The van der Waals surface area contributed by atoms with Crippen molar-refractivity contribution < 1.29 is 28.7 Å². The molecule has 1 aliphatic carbocycles. The molecule has 9 heteroatoms. The number of amides is 3. The minimum Gasteiger partial charge on any atom is -0.460 e. The molecule has 0 spiro atoms. The second kappa shape index (κ2) is 11.6. The number of hydrogen-bond donors (Lipinski definition) is 2. The van der Waals surface area contributed by atoms with Gasteiger partial charge in [0.2, 0.25) is 17.6 Å². The van der Waals surface area contributed by atoms with Crippen LogP contribution in [-0.2, 0) is 28.7 Å². The van der Waals surface area contributed by atoms with E-state index in [0.29, 0.717) is 13.0 Å². The number of ketones is 1. The fourth-order valence-electron chi connectivity index (χ4n) is 5.16. The van der Waals surface area contributed by atoms with E-state index in [0.717, 1.165) is 0 Å². The van der Waals surface area contributed by atoms with Crippen molar-refractivity contribution in [3.8, 4) is 0 Å². The van der Waals surface area contributed by atoms with E-state index in [1.807, 2.05) is 27.7 Å². The Morgan fingerprint density at radius 2 is 1.71 bits per heavy atom. The smallest absolute Gasteiger partial charge is 0.308 e. The molecule has 1 heterocycles. The topological polar surface area (TPSA) is 122 Å². The number of allylic oxidation sites excluding steroid dienone is 1. The first-order valence-corrected chi connectivity index (χ1v) is 13.6. The quantitative estimate of drug-likeness (QED) is 0.239. The molecule has 0 aromatic rings. The van der Waals surface area contributed by atoms with E-state index in [1.54, 1.807) is 31.7 Å². The Labute approximate surface area is 227 Å². The van der Waals surface area contributed by atoms with Crippen molar-refractivity contribution in [3.05, 3.63) is 12.7 Å². The average Bonchev–Trinajstić information content (AvgIpc) is 3.12. The molecule has 0 radical (unpaired) electrons. The van der Waals surface area contributed by atoms with Gasteiger partial charge in [-0.1, -0.05) is 47.6 Å². The van der Waals surface area contributed by atoms with Crippen LogP contribution in [0.1, 0.15) is 81.6 Å². The maximum absolute atomic E-state index is 13.6. The number of carbonyl (C=O) groups excluding carboxylic acids is 5. The van der Waals surface area contributed by atoms with E-state index < -0.39 is 41.3 Å². The van der Waals surface area contributed by atoms with Gasteiger partial charge in [0.15, 0.2) is 0 Å². The Kier molecular flexibility index (Phi) is 9.60. The summed E-state index contributed by atoms with van der Waals surface area (Å²) in [5, 5.41) is 5.24. The van der Waals surface area contributed by atoms with Gasteiger partial charge in [-0.05, 0) is 56.3 Å². The van der Waals surface area contributed by atoms with Crippen LogP contribution in [0.15, 0.2) is 12.7 Å². The molecule has 2 rings (SSSR count). The second-order valence-electron chi connectivity index (χ2n) is 13.4. The largest absolute Gasteiger partial charge is 0.460 e. The van der Waals surface area contributed by atoms with Gasteiger partial charge in [-0.3, -0.25) is 24.0 Å². The summed E-state index contributed by atoms with van der Waals surface area (Å²) in [5.74, 6) is -2.73. The minimum absolute atomic E-state index is 0.00331. The number of hydrogen-bond acceptors (Lipinski definition) is 6. The summed E-state index contributed by atoms with van der Waals surface area (Å²) in [6, 6.07) is -1.76. The van der Waals surface area contributed by atoms with Gasteiger partial charge in [0.1, 0.15) is 11.6 Å². The fourth-order valence-corrected chi connectivity index (χ4v) is 5.16. The third-order valence-corrected chi connectivity index (χ3v) is 7.98. The highest BCUT2D eigenvalue weighted by molar-refractivity contribution is 6.38. The highest BCUT2D eigenvalue weighted by Crippen LogP contribution is 2.65. The minimum atomic E-state index is -1.07. The van der Waals surface area contributed by atoms with Crippen LogP contribution in [0.5, 0.6) is 0 Å². The van der Waals surface area contributed by atoms with E-state index in [4.69, 9.17) is 4.74 Å². The third-order valence-electron chi connectivity index (χ3n) is 7.98. The highest BCUT2D eigenvalue weighted by atomic mass is 16.6. The lowest BCUT2D eigenvalue weighted by molar-refractivity contribution is -0.154. The summed E-state index contributed by atoms with van der Waals surface area (Å²) in [5.41, 5.74) is -0.990. The van der Waals surface area contributed by atoms with Crippen LogP contribution in [0.2, 0.25) is 0 Å². The first-order valence-electron chi connectivity index (χ1n) is 13.6. The van der Waals surface area contributed by atoms with E-state index in [1.165, 1.54) is 0 Å². The van der Waals surface area contributed by atoms with Gasteiger partial charge in [-0.15, -0.1) is 6.58 Å². The Morgan fingerprint density at radius 3 is 2.24 bits per heavy atom. The van der Waals surface area contributed by atoms with Crippen molar-refractivity contribution in [1.29, 1.82) is 0 Å². The number of ether oxygens (including phenoxy) is 1. The molecule has 38 heavy (non-hydrogen) atoms. The molecular weight excluding hydrogens is 486 g/mol. The summed E-state index contributed by atoms with van der Waals surface area (Å²) in [6.07, 6.45) is 2.14. The first kappa shape index (κ1) is 31.5. The molecule has 3 amide bonds. The van der Waals surface area contributed by atoms with Crippen LogP contribution >= 0.6 is 0 Å². The lowest BCUT2D eigenvalue weighted by Crippen LogP contribution is -2.56. The fraction of sp³-hybridized carbons (Fsp3) is 0.759. The number of nitrogens with one attached hydrogen (secondary N) is 2. The van der Waals surface area contributed by atoms with Crippen molar-refractivity contribution in [2.75, 3.05) is 13.1 Å². The average molecular weight is 534 g/mol. The van der Waals surface area contributed by atoms with Gasteiger partial charge < -0.3 is 20.3 Å². The number of fused-ring (bicyclic) bond motifs is 1. The zero-order valence-corrected chi connectivity index (χ0v) is 24.6. The number of Topliss-reactive ketones (excluding diaryl/α,β-unsaturated/α-hetero) is 1. The monoisotopic (exact) mass is 533 g/mol. The maximum atomic E-state index is 13.6. The van der Waals surface area contributed by atoms with E-state index in [9.17, 15) is 24.0 Å². The van der Waals surface area contributed by atoms with Crippen LogP contribution in [0.3, 0.4) is 0 Å². The molecule has 1 unspecified atom stereocenters. The molecule has 1 saturated heterocycles. The molecule has 2 fully saturated rings. The standard InChI is InChI=1S/C29H47N3O6/c1-11-12-13-19(23(34)25(36)30-15-14-20(33)38-28(6,7)8)31-24(35)22-21-18(29(21,9)10)16-32(22)26(37)17(2)27(3,4)5/h11,17-19,21-22H,1,12-16H2,2-10H3,(H,30,36)(H,31,35)/t17-,18+,19?,21+,22+/m1/s1. The first-order chi connectivity index (χ1) is 17.3. The van der Waals surface area contributed by atoms with Gasteiger partial charge in [0.05, 0.1) is 12.5 Å². The van der Waals surface area contributed by atoms with Crippen LogP contribution in [0.25, 0.3) is 0 Å². The summed E-state index contributed by atoms with van der Waals surface area (Å²) in [4.78, 5) is 66.2. The Bertz CT molecular complexity index is 958. The number of carbonyl (C=O) groups is 5. The van der Waals surface area contributed by atoms with Crippen molar-refractivity contribution in [2.24, 2.45) is 28.6 Å². The molecule has 2 N–H and O–H groups in total. The van der Waals surface area contributed by atoms with Crippen molar-refractivity contribution >= 4 is 29.5 Å². The van der Waals surface area contributed by atoms with Crippen molar-refractivity contribution in [3.63, 3.8) is 0 Å². The van der Waals surface area contributed by atoms with Gasteiger partial charge in [0, 0.05) is 19.0 Å². The van der Waals surface area contributed by atoms with Crippen LogP contribution < -0.4 is 10.6 Å². The summed E-state index contributed by atoms with van der Waals surface area (Å²) in [7, 11) is 0. The Hall–Kier alpha value is -2.71. The molecule has 1 saturated carbocycles. The Morgan fingerprint density at radius 1 is 1.11 bits per heavy atom. The molecule has 0 aromatic heterocycles. The molecule has 0 bridgehead atoms. The third kappa shape index (κ3) is 7.44. The molecule has 2 aliphatic rings. The normalized spacial score (nSPS) is 23.5. The van der Waals surface area contributed by atoms with Gasteiger partial charge in [-0.2, -0.15) is 0 Å². The van der Waals surface area contributed by atoms with E-state index >= 15 is 0 Å². The second-order valence-corrected chi connectivity index (χ2v) is 13.4. The van der Waals surface area contributed by atoms with E-state index in [2.05, 4.69) is 31.1 Å². The SMILES string of the molecule is C=CCCC(NC(=O)[C@@H]1[C@@H]2[C@H](CN1C(=O)[C@@H](C)C(C)(C)C)C2(C)C)C(=O)C(=O)NCCC(=O)OC(C)(C)C. The zero-order chi connectivity index (χ0) is 29.2. The molecule has 214 valence electrons. The van der Waals surface area contributed by atoms with Crippen LogP contribution in [-0.4, -0.2) is 65.1 Å². The van der Waals surface area contributed by atoms with Crippen molar-refractivity contribution in [2.45, 2.75) is 99.3 Å². The number of piperidine rings is 1. The van der Waals surface area contributed by atoms with Gasteiger partial charge >= 0.3 is 5.97 Å². The molecule has 9 nitrogen and oxygen atoms in total. The number of rotatable bonds is 11. The van der Waals surface area contributed by atoms with Crippen LogP contribution in [0, 0.1) is 28.6 Å². The number of likely N-dealkylation sites (tertiary alicyclic amines) is 1. The zero-order valence-electron chi connectivity index (χ0n) is 24.6. The van der Waals surface area contributed by atoms with Crippen molar-refractivity contribution in [1.82, 2.24) is 15.5 Å². The summed E-state index contributed by atoms with van der Waals surface area (Å²) < 4.78 is 5.21. The molecule has 1 aliphatic heterocycles. The predicted molar refractivity (Wildman–Crippen MR) is 145 cm³/mol. The molecular formula is C29H47N3O6. The maximum Gasteiger partial charge on any atom is 0.308 e. The molecule has 5 atom stereocenters. The lowest BCUT2D eigenvalue weighted by Gasteiger charge is -2.36. The lowest BCUT2D eigenvalue weighted by atomic mass is 9.81. The van der Waals surface area contributed by atoms with E-state index in [-0.39, 0.29) is 53.9 Å². The summed E-state index contributed by atoms with van der Waals surface area (Å²) >= 11 is 0. The predicted octanol–water partition coefficient (Wildman–Crippen LogP) is 3.02.